The molecule has 2 aromatic rings. The van der Waals surface area contributed by atoms with Crippen LogP contribution in [-0.2, 0) is 11.2 Å². The SMILES string of the molecule is COC(=O)c1ccnc(-c2cc(C#N)c3c(c2)CC(C)(C)O3)c1. The number of hydrogen-bond donors (Lipinski definition) is 0. The van der Waals surface area contributed by atoms with Crippen molar-refractivity contribution in [3.05, 3.63) is 47.2 Å². The first kappa shape index (κ1) is 15.0. The number of aromatic nitrogens is 1. The fraction of sp³-hybridized carbons (Fsp3) is 0.278. The molecule has 1 aromatic carbocycles. The van der Waals surface area contributed by atoms with Crippen LogP contribution in [0.3, 0.4) is 0 Å². The van der Waals surface area contributed by atoms with Crippen molar-refractivity contribution < 1.29 is 14.3 Å². The van der Waals surface area contributed by atoms with E-state index in [9.17, 15) is 10.1 Å². The van der Waals surface area contributed by atoms with E-state index in [1.165, 1.54) is 7.11 Å². The number of rotatable bonds is 2. The first-order valence-electron chi connectivity index (χ1n) is 7.24. The second kappa shape index (κ2) is 5.40. The minimum absolute atomic E-state index is 0.326. The Morgan fingerprint density at radius 1 is 1.39 bits per heavy atom. The normalized spacial score (nSPS) is 14.5. The van der Waals surface area contributed by atoms with Crippen LogP contribution < -0.4 is 4.74 Å². The zero-order valence-corrected chi connectivity index (χ0v) is 13.2. The molecule has 0 aliphatic carbocycles. The zero-order chi connectivity index (χ0) is 16.6. The number of benzene rings is 1. The lowest BCUT2D eigenvalue weighted by atomic mass is 9.97. The van der Waals surface area contributed by atoms with Gasteiger partial charge in [0.2, 0.25) is 0 Å². The molecule has 0 spiro atoms. The van der Waals surface area contributed by atoms with Crippen LogP contribution in [0.5, 0.6) is 5.75 Å². The molecule has 5 nitrogen and oxygen atoms in total. The standard InChI is InChI=1S/C18H16N2O3/c1-18(2)9-13-6-12(7-14(10-19)16(13)23-18)15-8-11(4-5-20-15)17(21)22-3/h4-8H,9H2,1-3H3. The summed E-state index contributed by atoms with van der Waals surface area (Å²) in [4.78, 5) is 16.0. The number of ether oxygens (including phenoxy) is 2. The van der Waals surface area contributed by atoms with Gasteiger partial charge in [0.25, 0.3) is 0 Å². The average Bonchev–Trinajstić information content (AvgIpc) is 2.87. The molecular weight excluding hydrogens is 292 g/mol. The van der Waals surface area contributed by atoms with Crippen LogP contribution in [0.25, 0.3) is 11.3 Å². The third-order valence-corrected chi connectivity index (χ3v) is 3.76. The van der Waals surface area contributed by atoms with Crippen LogP contribution in [0.15, 0.2) is 30.5 Å². The number of hydrogen-bond acceptors (Lipinski definition) is 5. The maximum atomic E-state index is 11.7. The average molecular weight is 308 g/mol. The summed E-state index contributed by atoms with van der Waals surface area (Å²) in [6, 6.07) is 9.15. The topological polar surface area (TPSA) is 72.2 Å². The highest BCUT2D eigenvalue weighted by Crippen LogP contribution is 2.40. The minimum Gasteiger partial charge on any atom is -0.486 e. The molecule has 0 bridgehead atoms. The molecule has 116 valence electrons. The van der Waals surface area contributed by atoms with Crippen molar-refractivity contribution in [3.63, 3.8) is 0 Å². The molecular formula is C18H16N2O3. The first-order chi connectivity index (χ1) is 10.9. The minimum atomic E-state index is -0.417. The Bertz CT molecular complexity index is 835. The molecule has 23 heavy (non-hydrogen) atoms. The highest BCUT2D eigenvalue weighted by atomic mass is 16.5. The van der Waals surface area contributed by atoms with Crippen LogP contribution in [0, 0.1) is 11.3 Å². The predicted octanol–water partition coefficient (Wildman–Crippen LogP) is 3.12. The van der Waals surface area contributed by atoms with E-state index in [0.717, 1.165) is 17.5 Å². The van der Waals surface area contributed by atoms with E-state index in [-0.39, 0.29) is 5.60 Å². The second-order valence-corrected chi connectivity index (χ2v) is 6.08. The quantitative estimate of drug-likeness (QED) is 0.797. The largest absolute Gasteiger partial charge is 0.486 e. The van der Waals surface area contributed by atoms with Crippen molar-refractivity contribution in [1.82, 2.24) is 4.98 Å². The first-order valence-corrected chi connectivity index (χ1v) is 7.24. The molecule has 0 amide bonds. The van der Waals surface area contributed by atoms with Gasteiger partial charge in [-0.05, 0) is 38.1 Å². The van der Waals surface area contributed by atoms with Gasteiger partial charge < -0.3 is 9.47 Å². The smallest absolute Gasteiger partial charge is 0.337 e. The summed E-state index contributed by atoms with van der Waals surface area (Å²) < 4.78 is 10.6. The van der Waals surface area contributed by atoms with Gasteiger partial charge in [-0.3, -0.25) is 4.98 Å². The summed E-state index contributed by atoms with van der Waals surface area (Å²) in [5.41, 5.74) is 2.97. The Morgan fingerprint density at radius 3 is 2.87 bits per heavy atom. The molecule has 0 radical (unpaired) electrons. The molecule has 0 atom stereocenters. The number of esters is 1. The van der Waals surface area contributed by atoms with Crippen LogP contribution in [0.1, 0.15) is 35.3 Å². The second-order valence-electron chi connectivity index (χ2n) is 6.08. The molecule has 0 N–H and O–H groups in total. The van der Waals surface area contributed by atoms with Gasteiger partial charge in [-0.15, -0.1) is 0 Å². The van der Waals surface area contributed by atoms with E-state index in [2.05, 4.69) is 11.1 Å². The Hall–Kier alpha value is -2.87. The lowest BCUT2D eigenvalue weighted by Gasteiger charge is -2.17. The van der Waals surface area contributed by atoms with E-state index in [1.54, 1.807) is 24.4 Å². The van der Waals surface area contributed by atoms with Crippen molar-refractivity contribution in [2.45, 2.75) is 25.9 Å². The van der Waals surface area contributed by atoms with Crippen LogP contribution in [0.4, 0.5) is 0 Å². The lowest BCUT2D eigenvalue weighted by molar-refractivity contribution is 0.0600. The number of carbonyl (C=O) groups is 1. The van der Waals surface area contributed by atoms with Gasteiger partial charge in [0, 0.05) is 23.7 Å². The zero-order valence-electron chi connectivity index (χ0n) is 13.2. The van der Waals surface area contributed by atoms with E-state index in [0.29, 0.717) is 22.6 Å². The van der Waals surface area contributed by atoms with Gasteiger partial charge in [0.15, 0.2) is 0 Å². The van der Waals surface area contributed by atoms with Crippen molar-refractivity contribution in [2.75, 3.05) is 7.11 Å². The van der Waals surface area contributed by atoms with E-state index in [1.807, 2.05) is 19.9 Å². The highest BCUT2D eigenvalue weighted by molar-refractivity contribution is 5.90. The Labute approximate surface area is 134 Å². The van der Waals surface area contributed by atoms with Gasteiger partial charge in [0.05, 0.1) is 23.9 Å². The summed E-state index contributed by atoms with van der Waals surface area (Å²) in [6.45, 7) is 3.98. The van der Waals surface area contributed by atoms with Crippen molar-refractivity contribution >= 4 is 5.97 Å². The third kappa shape index (κ3) is 2.76. The van der Waals surface area contributed by atoms with Gasteiger partial charge in [-0.25, -0.2) is 4.79 Å². The Kier molecular flexibility index (Phi) is 3.53. The van der Waals surface area contributed by atoms with Crippen molar-refractivity contribution in [3.8, 4) is 23.1 Å². The number of fused-ring (bicyclic) bond motifs is 1. The summed E-state index contributed by atoms with van der Waals surface area (Å²) in [5.74, 6) is 0.227. The van der Waals surface area contributed by atoms with E-state index in [4.69, 9.17) is 9.47 Å². The van der Waals surface area contributed by atoms with Gasteiger partial charge in [0.1, 0.15) is 17.4 Å². The lowest BCUT2D eigenvalue weighted by Crippen LogP contribution is -2.24. The van der Waals surface area contributed by atoms with Gasteiger partial charge in [-0.2, -0.15) is 5.26 Å². The monoisotopic (exact) mass is 308 g/mol. The molecule has 0 saturated heterocycles. The maximum absolute atomic E-state index is 11.7. The number of methoxy groups -OCH3 is 1. The van der Waals surface area contributed by atoms with E-state index >= 15 is 0 Å². The molecule has 0 unspecified atom stereocenters. The molecule has 2 heterocycles. The van der Waals surface area contributed by atoms with Crippen LogP contribution in [-0.4, -0.2) is 23.7 Å². The number of pyridine rings is 1. The molecule has 3 rings (SSSR count). The molecule has 1 aromatic heterocycles. The van der Waals surface area contributed by atoms with Crippen LogP contribution >= 0.6 is 0 Å². The fourth-order valence-electron chi connectivity index (χ4n) is 2.78. The van der Waals surface area contributed by atoms with Crippen molar-refractivity contribution in [2.24, 2.45) is 0 Å². The summed E-state index contributed by atoms with van der Waals surface area (Å²) in [6.07, 6.45) is 2.28. The van der Waals surface area contributed by atoms with Crippen LogP contribution in [0.2, 0.25) is 0 Å². The molecule has 0 saturated carbocycles. The van der Waals surface area contributed by atoms with Gasteiger partial charge in [-0.1, -0.05) is 0 Å². The van der Waals surface area contributed by atoms with Gasteiger partial charge >= 0.3 is 5.97 Å². The molecule has 0 fully saturated rings. The number of carbonyl (C=O) groups excluding carboxylic acids is 1. The molecule has 1 aliphatic rings. The highest BCUT2D eigenvalue weighted by Gasteiger charge is 2.32. The predicted molar refractivity (Wildman–Crippen MR) is 84.1 cm³/mol. The summed E-state index contributed by atoms with van der Waals surface area (Å²) >= 11 is 0. The molecule has 1 aliphatic heterocycles. The third-order valence-electron chi connectivity index (χ3n) is 3.76. The Morgan fingerprint density at radius 2 is 2.17 bits per heavy atom. The summed E-state index contributed by atoms with van der Waals surface area (Å²) in [7, 11) is 1.34. The number of nitrogens with zero attached hydrogens (tertiary/aromatic N) is 2. The Balaban J connectivity index is 2.09. The van der Waals surface area contributed by atoms with Crippen molar-refractivity contribution in [1.29, 1.82) is 5.26 Å². The summed E-state index contributed by atoms with van der Waals surface area (Å²) in [5, 5.41) is 9.40. The van der Waals surface area contributed by atoms with E-state index < -0.39 is 5.97 Å². The number of nitriles is 1. The molecule has 5 heteroatoms. The fourth-order valence-corrected chi connectivity index (χ4v) is 2.78. The maximum Gasteiger partial charge on any atom is 0.337 e.